The van der Waals surface area contributed by atoms with Gasteiger partial charge in [-0.1, -0.05) is 36.8 Å². The van der Waals surface area contributed by atoms with Gasteiger partial charge in [0.2, 0.25) is 11.8 Å². The molecule has 0 aromatic heterocycles. The Kier molecular flexibility index (Phi) is 5.35. The molecule has 0 aliphatic carbocycles. The summed E-state index contributed by atoms with van der Waals surface area (Å²) in [6, 6.07) is 10.5. The molecular weight excluding hydrogens is 364 g/mol. The van der Waals surface area contributed by atoms with Gasteiger partial charge >= 0.3 is 0 Å². The highest BCUT2D eigenvalue weighted by atomic mass is 16.2. The number of likely N-dealkylation sites (tertiary alicyclic amines) is 3. The summed E-state index contributed by atoms with van der Waals surface area (Å²) in [5.41, 5.74) is 2.38. The molecule has 3 fully saturated rings. The van der Waals surface area contributed by atoms with E-state index >= 15 is 0 Å². The molecule has 2 bridgehead atoms. The Morgan fingerprint density at radius 2 is 2.14 bits per heavy atom. The second-order valence-electron chi connectivity index (χ2n) is 8.91. The quantitative estimate of drug-likeness (QED) is 0.770. The zero-order valence-corrected chi connectivity index (χ0v) is 17.5. The number of hydrogen-bond acceptors (Lipinski definition) is 4. The molecule has 6 nitrogen and oxygen atoms in total. The summed E-state index contributed by atoms with van der Waals surface area (Å²) in [4.78, 5) is 31.9. The fraction of sp³-hybridized carbons (Fsp3) is 0.609. The van der Waals surface area contributed by atoms with E-state index in [0.717, 1.165) is 25.8 Å². The third-order valence-corrected chi connectivity index (χ3v) is 6.87. The van der Waals surface area contributed by atoms with Crippen LogP contribution in [-0.2, 0) is 9.59 Å². The molecule has 1 aromatic rings. The first kappa shape index (κ1) is 19.9. The van der Waals surface area contributed by atoms with E-state index in [-0.39, 0.29) is 41.9 Å². The van der Waals surface area contributed by atoms with Crippen molar-refractivity contribution in [3.8, 4) is 6.07 Å². The highest BCUT2D eigenvalue weighted by molar-refractivity contribution is 5.86. The highest BCUT2D eigenvalue weighted by Gasteiger charge is 2.51. The molecule has 3 aliphatic heterocycles. The first-order valence-corrected chi connectivity index (χ1v) is 10.7. The molecule has 0 spiro atoms. The zero-order valence-electron chi connectivity index (χ0n) is 17.5. The van der Waals surface area contributed by atoms with Gasteiger partial charge in [0.25, 0.3) is 0 Å². The van der Waals surface area contributed by atoms with Crippen LogP contribution in [0.5, 0.6) is 0 Å². The maximum Gasteiger partial charge on any atom is 0.240 e. The molecule has 1 unspecified atom stereocenters. The van der Waals surface area contributed by atoms with Crippen LogP contribution < -0.4 is 0 Å². The van der Waals surface area contributed by atoms with E-state index in [1.807, 2.05) is 13.0 Å². The van der Waals surface area contributed by atoms with Crippen molar-refractivity contribution < 1.29 is 9.59 Å². The minimum atomic E-state index is -0.285. The summed E-state index contributed by atoms with van der Waals surface area (Å²) >= 11 is 0. The van der Waals surface area contributed by atoms with Crippen LogP contribution in [0.3, 0.4) is 0 Å². The Morgan fingerprint density at radius 3 is 2.83 bits per heavy atom. The summed E-state index contributed by atoms with van der Waals surface area (Å²) in [6.07, 6.45) is 2.52. The van der Waals surface area contributed by atoms with Crippen molar-refractivity contribution in [3.63, 3.8) is 0 Å². The van der Waals surface area contributed by atoms with Gasteiger partial charge in [-0.15, -0.1) is 0 Å². The van der Waals surface area contributed by atoms with E-state index in [1.165, 1.54) is 11.1 Å². The van der Waals surface area contributed by atoms with Crippen molar-refractivity contribution in [2.24, 2.45) is 5.92 Å². The molecule has 0 N–H and O–H groups in total. The molecule has 3 heterocycles. The number of hydrogen-bond donors (Lipinski definition) is 0. The molecule has 29 heavy (non-hydrogen) atoms. The van der Waals surface area contributed by atoms with E-state index in [4.69, 9.17) is 0 Å². The standard InChI is InChI=1S/C23H30N4O2/c1-15-6-4-7-18(10-15)17(3)27-20-11-21(23(27)29)25(14-20)13-16(2)22(28)26-9-5-8-19(26)12-24/h4,6-7,10,16-17,19-21H,5,8-9,11,13-14H2,1-3H3/t16-,17+,19-,20?,21+/m0/s1. The molecular formula is C23H30N4O2. The smallest absolute Gasteiger partial charge is 0.240 e. The van der Waals surface area contributed by atoms with E-state index < -0.39 is 0 Å². The first-order chi connectivity index (χ1) is 13.9. The summed E-state index contributed by atoms with van der Waals surface area (Å²) in [7, 11) is 0. The van der Waals surface area contributed by atoms with Gasteiger partial charge in [0.15, 0.2) is 0 Å². The molecule has 0 radical (unpaired) electrons. The minimum absolute atomic E-state index is 0.0502. The predicted octanol–water partition coefficient (Wildman–Crippen LogP) is 2.49. The molecule has 2 amide bonds. The van der Waals surface area contributed by atoms with Gasteiger partial charge in [-0.05, 0) is 38.7 Å². The number of rotatable bonds is 5. The zero-order chi connectivity index (χ0) is 20.7. The van der Waals surface area contributed by atoms with Crippen molar-refractivity contribution in [1.82, 2.24) is 14.7 Å². The number of carbonyl (C=O) groups excluding carboxylic acids is 2. The van der Waals surface area contributed by atoms with Crippen LogP contribution in [0.4, 0.5) is 0 Å². The van der Waals surface area contributed by atoms with Gasteiger partial charge in [-0.3, -0.25) is 14.5 Å². The van der Waals surface area contributed by atoms with E-state index in [2.05, 4.69) is 47.9 Å². The number of benzene rings is 1. The van der Waals surface area contributed by atoms with Gasteiger partial charge < -0.3 is 9.80 Å². The predicted molar refractivity (Wildman–Crippen MR) is 110 cm³/mol. The molecule has 5 atom stereocenters. The lowest BCUT2D eigenvalue weighted by atomic mass is 10.0. The normalized spacial score (nSPS) is 28.6. The SMILES string of the molecule is Cc1cccc([C@@H](C)N2C(=O)[C@H]3CC2CN3C[C@H](C)C(=O)N2CCC[C@H]2C#N)c1. The van der Waals surface area contributed by atoms with Crippen LogP contribution in [-0.4, -0.2) is 64.3 Å². The number of nitriles is 1. The van der Waals surface area contributed by atoms with Crippen LogP contribution in [0, 0.1) is 24.2 Å². The summed E-state index contributed by atoms with van der Waals surface area (Å²) in [5.74, 6) is 0.0407. The third-order valence-electron chi connectivity index (χ3n) is 6.87. The topological polar surface area (TPSA) is 67.7 Å². The maximum atomic E-state index is 13.1. The average Bonchev–Trinajstić information content (AvgIpc) is 3.41. The van der Waals surface area contributed by atoms with Crippen LogP contribution >= 0.6 is 0 Å². The molecule has 154 valence electrons. The first-order valence-electron chi connectivity index (χ1n) is 10.7. The van der Waals surface area contributed by atoms with Crippen molar-refractivity contribution in [2.75, 3.05) is 19.6 Å². The van der Waals surface area contributed by atoms with Gasteiger partial charge in [0, 0.05) is 31.6 Å². The van der Waals surface area contributed by atoms with Crippen molar-refractivity contribution >= 4 is 11.8 Å². The monoisotopic (exact) mass is 394 g/mol. The van der Waals surface area contributed by atoms with Gasteiger partial charge in [0.05, 0.1) is 18.2 Å². The van der Waals surface area contributed by atoms with Gasteiger partial charge in [-0.25, -0.2) is 0 Å². The van der Waals surface area contributed by atoms with Crippen molar-refractivity contribution in [1.29, 1.82) is 5.26 Å². The Morgan fingerprint density at radius 1 is 1.34 bits per heavy atom. The molecule has 6 heteroatoms. The number of aryl methyl sites for hydroxylation is 1. The fourth-order valence-electron chi connectivity index (χ4n) is 5.37. The lowest BCUT2D eigenvalue weighted by molar-refractivity contribution is -0.142. The number of nitrogens with zero attached hydrogens (tertiary/aromatic N) is 4. The third kappa shape index (κ3) is 3.53. The van der Waals surface area contributed by atoms with Gasteiger partial charge in [-0.2, -0.15) is 5.26 Å². The largest absolute Gasteiger partial charge is 0.330 e. The molecule has 0 saturated carbocycles. The Balaban J connectivity index is 1.40. The van der Waals surface area contributed by atoms with E-state index in [0.29, 0.717) is 13.1 Å². The number of piperazine rings is 1. The van der Waals surface area contributed by atoms with Crippen LogP contribution in [0.25, 0.3) is 0 Å². The second kappa shape index (κ2) is 7.79. The van der Waals surface area contributed by atoms with Gasteiger partial charge in [0.1, 0.15) is 6.04 Å². The molecule has 4 rings (SSSR count). The van der Waals surface area contributed by atoms with Crippen molar-refractivity contribution in [2.45, 2.75) is 64.2 Å². The molecule has 3 saturated heterocycles. The Hall–Kier alpha value is -2.39. The Labute approximate surface area is 173 Å². The number of carbonyl (C=O) groups is 2. The molecule has 1 aromatic carbocycles. The second-order valence-corrected chi connectivity index (χ2v) is 8.91. The van der Waals surface area contributed by atoms with E-state index in [9.17, 15) is 14.9 Å². The fourth-order valence-corrected chi connectivity index (χ4v) is 5.37. The highest BCUT2D eigenvalue weighted by Crippen LogP contribution is 2.38. The number of amides is 2. The van der Waals surface area contributed by atoms with Crippen LogP contribution in [0.1, 0.15) is 50.3 Å². The summed E-state index contributed by atoms with van der Waals surface area (Å²) < 4.78 is 0. The number of fused-ring (bicyclic) bond motifs is 2. The van der Waals surface area contributed by atoms with Crippen LogP contribution in [0.15, 0.2) is 24.3 Å². The Bertz CT molecular complexity index is 848. The maximum absolute atomic E-state index is 13.1. The summed E-state index contributed by atoms with van der Waals surface area (Å²) in [6.45, 7) is 8.20. The van der Waals surface area contributed by atoms with Crippen molar-refractivity contribution in [3.05, 3.63) is 35.4 Å². The van der Waals surface area contributed by atoms with Crippen LogP contribution in [0.2, 0.25) is 0 Å². The average molecular weight is 395 g/mol. The summed E-state index contributed by atoms with van der Waals surface area (Å²) in [5, 5.41) is 9.26. The lowest BCUT2D eigenvalue weighted by Crippen LogP contribution is -2.53. The molecule has 3 aliphatic rings. The lowest BCUT2D eigenvalue weighted by Gasteiger charge is -2.38. The minimum Gasteiger partial charge on any atom is -0.330 e. The van der Waals surface area contributed by atoms with E-state index in [1.54, 1.807) is 4.90 Å².